The van der Waals surface area contributed by atoms with Crippen LogP contribution in [-0.2, 0) is 6.42 Å². The fraction of sp³-hybridized carbons (Fsp3) is 0.538. The number of rotatable bonds is 1. The molecule has 0 fully saturated rings. The molecule has 0 radical (unpaired) electrons. The van der Waals surface area contributed by atoms with Gasteiger partial charge in [0.25, 0.3) is 0 Å². The van der Waals surface area contributed by atoms with E-state index in [1.165, 1.54) is 41.0 Å². The minimum Gasteiger partial charge on any atom is -0.374 e. The highest BCUT2D eigenvalue weighted by Crippen LogP contribution is 2.32. The summed E-state index contributed by atoms with van der Waals surface area (Å²) < 4.78 is 0. The molecule has 29 heavy (non-hydrogen) atoms. The fourth-order valence-electron chi connectivity index (χ4n) is 3.62. The minimum atomic E-state index is 0.506. The van der Waals surface area contributed by atoms with Gasteiger partial charge in [0.15, 0.2) is 0 Å². The Morgan fingerprint density at radius 1 is 0.793 bits per heavy atom. The maximum Gasteiger partial charge on any atom is 0.0516 e. The summed E-state index contributed by atoms with van der Waals surface area (Å²) in [6.07, 6.45) is 1.22. The van der Waals surface area contributed by atoms with Gasteiger partial charge >= 0.3 is 0 Å². The summed E-state index contributed by atoms with van der Waals surface area (Å²) >= 11 is 0. The van der Waals surface area contributed by atoms with Crippen LogP contribution in [0, 0.1) is 6.92 Å². The lowest BCUT2D eigenvalue weighted by Crippen LogP contribution is -2.22. The number of likely N-dealkylation sites (N-methyl/N-ethyl adjacent to an activating group) is 3. The van der Waals surface area contributed by atoms with E-state index in [0.717, 1.165) is 6.54 Å². The number of benzene rings is 2. The predicted molar refractivity (Wildman–Crippen MR) is 134 cm³/mol. The van der Waals surface area contributed by atoms with Crippen LogP contribution in [-0.4, -0.2) is 34.2 Å². The van der Waals surface area contributed by atoms with E-state index in [1.807, 2.05) is 48.6 Å². The zero-order valence-electron chi connectivity index (χ0n) is 20.6. The summed E-state index contributed by atoms with van der Waals surface area (Å²) in [5.74, 6) is 0. The maximum atomic E-state index is 3.31. The van der Waals surface area contributed by atoms with Crippen molar-refractivity contribution in [1.29, 1.82) is 0 Å². The van der Waals surface area contributed by atoms with Gasteiger partial charge in [-0.15, -0.1) is 0 Å². The molecule has 1 atom stereocenters. The molecule has 0 saturated carbocycles. The molecule has 1 unspecified atom stereocenters. The molecule has 2 aliphatic rings. The Bertz CT molecular complexity index is 681. The van der Waals surface area contributed by atoms with Crippen molar-refractivity contribution in [2.24, 2.45) is 0 Å². The molecule has 3 nitrogen and oxygen atoms in total. The molecule has 1 N–H and O–H groups in total. The molecular formula is C26H45N3. The summed E-state index contributed by atoms with van der Waals surface area (Å²) in [7, 11) is 6.31. The standard InChI is InChI=1S/C10H14N2.C10H13N.3C2H6/c1-11-9-7-12(2)10-6-4-3-5-8(9)10;1-8-4-3-5-10-9(8)6-7-11(10)2;3*1-2/h3-6,9,11H,7H2,1-2H3;3-5H,6-7H2,1-2H3;3*1-2H3. The van der Waals surface area contributed by atoms with Crippen molar-refractivity contribution >= 4 is 11.4 Å². The van der Waals surface area contributed by atoms with Crippen molar-refractivity contribution < 1.29 is 0 Å². The third kappa shape index (κ3) is 7.08. The van der Waals surface area contributed by atoms with Crippen LogP contribution < -0.4 is 15.1 Å². The molecule has 0 aromatic heterocycles. The van der Waals surface area contributed by atoms with E-state index in [-0.39, 0.29) is 0 Å². The van der Waals surface area contributed by atoms with Gasteiger partial charge in [0, 0.05) is 38.6 Å². The SMILES string of the molecule is CC.CC.CC.CNC1CN(C)c2ccccc21.Cc1cccc2c1CCN2C. The quantitative estimate of drug-likeness (QED) is 0.593. The molecule has 4 rings (SSSR count). The maximum absolute atomic E-state index is 3.31. The third-order valence-electron chi connectivity index (χ3n) is 5.02. The molecule has 3 heteroatoms. The lowest BCUT2D eigenvalue weighted by atomic mass is 10.1. The van der Waals surface area contributed by atoms with Gasteiger partial charge in [-0.2, -0.15) is 0 Å². The van der Waals surface area contributed by atoms with Crippen molar-refractivity contribution in [3.05, 3.63) is 59.2 Å². The number of hydrogen-bond acceptors (Lipinski definition) is 3. The first-order valence-electron chi connectivity index (χ1n) is 11.4. The van der Waals surface area contributed by atoms with Crippen LogP contribution in [0.4, 0.5) is 11.4 Å². The van der Waals surface area contributed by atoms with E-state index < -0.39 is 0 Å². The number of hydrogen-bond donors (Lipinski definition) is 1. The molecule has 0 saturated heterocycles. The number of para-hydroxylation sites is 1. The van der Waals surface area contributed by atoms with E-state index in [4.69, 9.17) is 0 Å². The van der Waals surface area contributed by atoms with Crippen molar-refractivity contribution in [3.8, 4) is 0 Å². The van der Waals surface area contributed by atoms with Crippen LogP contribution in [0.5, 0.6) is 0 Å². The zero-order valence-corrected chi connectivity index (χ0v) is 20.6. The van der Waals surface area contributed by atoms with E-state index in [0.29, 0.717) is 6.04 Å². The lowest BCUT2D eigenvalue weighted by molar-refractivity contribution is 0.626. The van der Waals surface area contributed by atoms with Gasteiger partial charge in [-0.3, -0.25) is 0 Å². The smallest absolute Gasteiger partial charge is 0.0516 e. The summed E-state index contributed by atoms with van der Waals surface area (Å²) in [6.45, 7) is 16.5. The Labute approximate surface area is 181 Å². The Kier molecular flexibility index (Phi) is 13.9. The Balaban J connectivity index is 0.000000432. The Morgan fingerprint density at radius 2 is 1.38 bits per heavy atom. The van der Waals surface area contributed by atoms with Crippen LogP contribution in [0.1, 0.15) is 64.3 Å². The predicted octanol–water partition coefficient (Wildman–Crippen LogP) is 6.46. The van der Waals surface area contributed by atoms with E-state index >= 15 is 0 Å². The monoisotopic (exact) mass is 399 g/mol. The number of anilines is 2. The van der Waals surface area contributed by atoms with Crippen LogP contribution in [0.15, 0.2) is 42.5 Å². The topological polar surface area (TPSA) is 18.5 Å². The molecule has 0 bridgehead atoms. The van der Waals surface area contributed by atoms with Crippen molar-refractivity contribution in [2.45, 2.75) is 60.9 Å². The van der Waals surface area contributed by atoms with Gasteiger partial charge in [0.2, 0.25) is 0 Å². The Hall–Kier alpha value is -2.00. The normalized spacial score (nSPS) is 15.2. The number of nitrogens with one attached hydrogen (secondary N) is 1. The van der Waals surface area contributed by atoms with Gasteiger partial charge in [0.05, 0.1) is 6.04 Å². The highest BCUT2D eigenvalue weighted by atomic mass is 15.2. The average Bonchev–Trinajstić information content (AvgIpc) is 3.34. The fourth-order valence-corrected chi connectivity index (χ4v) is 3.62. The van der Waals surface area contributed by atoms with Crippen molar-refractivity contribution in [3.63, 3.8) is 0 Å². The van der Waals surface area contributed by atoms with Crippen LogP contribution in [0.3, 0.4) is 0 Å². The molecule has 0 aliphatic carbocycles. The first kappa shape index (κ1) is 27.0. The van der Waals surface area contributed by atoms with Crippen molar-refractivity contribution in [1.82, 2.24) is 5.32 Å². The largest absolute Gasteiger partial charge is 0.374 e. The highest BCUT2D eigenvalue weighted by molar-refractivity contribution is 5.60. The first-order valence-corrected chi connectivity index (χ1v) is 11.4. The van der Waals surface area contributed by atoms with Gasteiger partial charge in [-0.1, -0.05) is 71.9 Å². The van der Waals surface area contributed by atoms with Gasteiger partial charge < -0.3 is 15.1 Å². The molecule has 2 aromatic rings. The van der Waals surface area contributed by atoms with Gasteiger partial charge in [0.1, 0.15) is 0 Å². The second kappa shape index (κ2) is 14.9. The molecule has 2 aromatic carbocycles. The van der Waals surface area contributed by atoms with Gasteiger partial charge in [-0.25, -0.2) is 0 Å². The van der Waals surface area contributed by atoms with E-state index in [9.17, 15) is 0 Å². The second-order valence-electron chi connectivity index (χ2n) is 6.52. The summed E-state index contributed by atoms with van der Waals surface area (Å²) in [4.78, 5) is 4.61. The van der Waals surface area contributed by atoms with Crippen LogP contribution in [0.25, 0.3) is 0 Å². The third-order valence-corrected chi connectivity index (χ3v) is 5.02. The highest BCUT2D eigenvalue weighted by Gasteiger charge is 2.23. The van der Waals surface area contributed by atoms with E-state index in [2.05, 4.69) is 78.6 Å². The number of aryl methyl sites for hydroxylation is 1. The molecule has 164 valence electrons. The number of nitrogens with zero attached hydrogens (tertiary/aromatic N) is 2. The molecule has 2 aliphatic heterocycles. The summed E-state index contributed by atoms with van der Waals surface area (Å²) in [5.41, 5.74) is 7.17. The molecule has 2 heterocycles. The summed E-state index contributed by atoms with van der Waals surface area (Å²) in [6, 6.07) is 15.6. The average molecular weight is 400 g/mol. The van der Waals surface area contributed by atoms with Crippen molar-refractivity contribution in [2.75, 3.05) is 44.0 Å². The molecular weight excluding hydrogens is 354 g/mol. The second-order valence-corrected chi connectivity index (χ2v) is 6.52. The van der Waals surface area contributed by atoms with Crippen LogP contribution in [0.2, 0.25) is 0 Å². The zero-order chi connectivity index (χ0) is 22.4. The summed E-state index contributed by atoms with van der Waals surface area (Å²) in [5, 5.41) is 3.31. The number of fused-ring (bicyclic) bond motifs is 2. The first-order chi connectivity index (χ1) is 14.1. The van der Waals surface area contributed by atoms with Gasteiger partial charge in [-0.05, 0) is 49.2 Å². The minimum absolute atomic E-state index is 0.506. The molecule has 0 amide bonds. The Morgan fingerprint density at radius 3 is 1.97 bits per heavy atom. The van der Waals surface area contributed by atoms with E-state index in [1.54, 1.807) is 0 Å². The lowest BCUT2D eigenvalue weighted by Gasteiger charge is -2.11. The molecule has 0 spiro atoms. The van der Waals surface area contributed by atoms with Crippen LogP contribution >= 0.6 is 0 Å².